The topological polar surface area (TPSA) is 146 Å². The van der Waals surface area contributed by atoms with Crippen molar-refractivity contribution >= 4 is 5.69 Å². The minimum atomic E-state index is -0.929. The van der Waals surface area contributed by atoms with E-state index in [0.717, 1.165) is 4.57 Å². The molecule has 2 heterocycles. The highest BCUT2D eigenvalue weighted by Crippen LogP contribution is 2.28. The van der Waals surface area contributed by atoms with E-state index < -0.39 is 41.2 Å². The van der Waals surface area contributed by atoms with Crippen molar-refractivity contribution < 1.29 is 24.6 Å². The van der Waals surface area contributed by atoms with E-state index in [2.05, 4.69) is 0 Å². The number of nitro benzene ring substituents is 1. The Kier molecular flexibility index (Phi) is 7.01. The van der Waals surface area contributed by atoms with Gasteiger partial charge in [-0.2, -0.15) is 0 Å². The summed E-state index contributed by atoms with van der Waals surface area (Å²) < 4.78 is 13.2. The van der Waals surface area contributed by atoms with Crippen LogP contribution in [0.3, 0.4) is 0 Å². The van der Waals surface area contributed by atoms with Gasteiger partial charge in [0.15, 0.2) is 0 Å². The third-order valence-corrected chi connectivity index (χ3v) is 5.31. The highest BCUT2D eigenvalue weighted by molar-refractivity contribution is 5.42. The highest BCUT2D eigenvalue weighted by atomic mass is 16.6. The van der Waals surface area contributed by atoms with Gasteiger partial charge in [-0.1, -0.05) is 25.1 Å². The molecule has 1 unspecified atom stereocenters. The van der Waals surface area contributed by atoms with Crippen LogP contribution in [0.1, 0.15) is 36.6 Å². The lowest BCUT2D eigenvalue weighted by molar-refractivity contribution is -0.385. The number of rotatable bonds is 8. The Morgan fingerprint density at radius 2 is 2.06 bits per heavy atom. The van der Waals surface area contributed by atoms with Crippen molar-refractivity contribution in [3.05, 3.63) is 72.5 Å². The van der Waals surface area contributed by atoms with E-state index in [0.29, 0.717) is 5.56 Å². The molecule has 1 aromatic carbocycles. The normalized spacial score (nSPS) is 21.9. The van der Waals surface area contributed by atoms with Gasteiger partial charge in [-0.15, -0.1) is 0 Å². The fourth-order valence-electron chi connectivity index (χ4n) is 3.61. The first-order chi connectivity index (χ1) is 14.7. The molecule has 2 N–H and O–H groups in total. The molecule has 1 aliphatic heterocycles. The Hall–Kier alpha value is -2.86. The monoisotopic (exact) mass is 435 g/mol. The van der Waals surface area contributed by atoms with Gasteiger partial charge in [0.1, 0.15) is 19.1 Å². The number of nitrogens with zero attached hydrogens (tertiary/aromatic N) is 3. The predicted molar refractivity (Wildman–Crippen MR) is 109 cm³/mol. The maximum absolute atomic E-state index is 12.9. The lowest BCUT2D eigenvalue weighted by Gasteiger charge is -2.18. The molecule has 0 aliphatic carbocycles. The van der Waals surface area contributed by atoms with Crippen molar-refractivity contribution in [1.29, 1.82) is 0 Å². The number of aliphatic hydroxyl groups excluding tert-OH is 2. The maximum atomic E-state index is 12.9. The van der Waals surface area contributed by atoms with E-state index in [-0.39, 0.29) is 36.9 Å². The van der Waals surface area contributed by atoms with Crippen LogP contribution in [0.5, 0.6) is 0 Å². The van der Waals surface area contributed by atoms with E-state index >= 15 is 0 Å². The number of benzene rings is 1. The number of hydrogen-bond donors (Lipinski definition) is 2. The van der Waals surface area contributed by atoms with E-state index in [1.807, 2.05) is 0 Å². The van der Waals surface area contributed by atoms with Gasteiger partial charge in [0.2, 0.25) is 0 Å². The SMILES string of the molecule is Cc1cn([C@H]2C[C@H](O)[C@@H](CO)O2)c(=O)n(COCC(C)c2ccccc2[N+](=O)[O-])c1=O. The van der Waals surface area contributed by atoms with Crippen LogP contribution in [0.15, 0.2) is 40.1 Å². The molecule has 0 bridgehead atoms. The average Bonchev–Trinajstić information content (AvgIpc) is 3.13. The Morgan fingerprint density at radius 1 is 1.35 bits per heavy atom. The molecule has 0 amide bonds. The minimum Gasteiger partial charge on any atom is -0.394 e. The molecule has 0 saturated carbocycles. The van der Waals surface area contributed by atoms with Crippen LogP contribution >= 0.6 is 0 Å². The van der Waals surface area contributed by atoms with Crippen LogP contribution in [-0.2, 0) is 16.2 Å². The molecule has 2 aromatic rings. The van der Waals surface area contributed by atoms with Gasteiger partial charge in [-0.3, -0.25) is 19.5 Å². The van der Waals surface area contributed by atoms with Gasteiger partial charge in [0.25, 0.3) is 11.2 Å². The van der Waals surface area contributed by atoms with Gasteiger partial charge in [-0.05, 0) is 6.92 Å². The second-order valence-electron chi connectivity index (χ2n) is 7.57. The van der Waals surface area contributed by atoms with E-state index in [1.165, 1.54) is 16.8 Å². The van der Waals surface area contributed by atoms with Crippen LogP contribution in [0.2, 0.25) is 0 Å². The van der Waals surface area contributed by atoms with Gasteiger partial charge in [-0.25, -0.2) is 9.36 Å². The summed E-state index contributed by atoms with van der Waals surface area (Å²) in [4.78, 5) is 36.1. The molecule has 1 fully saturated rings. The third-order valence-electron chi connectivity index (χ3n) is 5.31. The molecule has 0 spiro atoms. The molecule has 1 aromatic heterocycles. The van der Waals surface area contributed by atoms with E-state index in [4.69, 9.17) is 9.47 Å². The number of aromatic nitrogens is 2. The Bertz CT molecular complexity index is 1060. The molecule has 168 valence electrons. The van der Waals surface area contributed by atoms with Crippen molar-refractivity contribution in [2.24, 2.45) is 0 Å². The summed E-state index contributed by atoms with van der Waals surface area (Å²) in [5.74, 6) is -0.344. The zero-order valence-corrected chi connectivity index (χ0v) is 17.2. The van der Waals surface area contributed by atoms with E-state index in [1.54, 1.807) is 32.0 Å². The van der Waals surface area contributed by atoms with Gasteiger partial charge >= 0.3 is 5.69 Å². The Labute approximate surface area is 177 Å². The van der Waals surface area contributed by atoms with Crippen LogP contribution in [0, 0.1) is 17.0 Å². The molecule has 1 aliphatic rings. The lowest BCUT2D eigenvalue weighted by atomic mass is 10.0. The van der Waals surface area contributed by atoms with Crippen molar-refractivity contribution in [3.63, 3.8) is 0 Å². The van der Waals surface area contributed by atoms with Crippen molar-refractivity contribution in [2.45, 2.75) is 51.4 Å². The smallest absolute Gasteiger partial charge is 0.335 e. The minimum absolute atomic E-state index is 0.0240. The molecule has 1 saturated heterocycles. The molecule has 0 radical (unpaired) electrons. The van der Waals surface area contributed by atoms with Crippen LogP contribution in [0.4, 0.5) is 5.69 Å². The molecular weight excluding hydrogens is 410 g/mol. The predicted octanol–water partition coefficient (Wildman–Crippen LogP) is 0.645. The first kappa shape index (κ1) is 22.8. The summed E-state index contributed by atoms with van der Waals surface area (Å²) in [7, 11) is 0. The largest absolute Gasteiger partial charge is 0.394 e. The second-order valence-corrected chi connectivity index (χ2v) is 7.57. The molecule has 11 nitrogen and oxygen atoms in total. The number of nitro groups is 1. The zero-order valence-electron chi connectivity index (χ0n) is 17.2. The highest BCUT2D eigenvalue weighted by Gasteiger charge is 2.35. The summed E-state index contributed by atoms with van der Waals surface area (Å²) in [6, 6.07) is 6.31. The number of ether oxygens (including phenoxy) is 2. The van der Waals surface area contributed by atoms with Crippen molar-refractivity contribution in [2.75, 3.05) is 13.2 Å². The van der Waals surface area contributed by atoms with Crippen LogP contribution in [0.25, 0.3) is 0 Å². The number of aryl methyl sites for hydroxylation is 1. The van der Waals surface area contributed by atoms with Crippen molar-refractivity contribution in [3.8, 4) is 0 Å². The van der Waals surface area contributed by atoms with Crippen LogP contribution in [-0.4, -0.2) is 49.7 Å². The molecule has 31 heavy (non-hydrogen) atoms. The quantitative estimate of drug-likeness (QED) is 0.454. The summed E-state index contributed by atoms with van der Waals surface area (Å²) in [5, 5.41) is 30.4. The molecule has 3 rings (SSSR count). The molecule has 4 atom stereocenters. The second kappa shape index (κ2) is 9.52. The summed E-state index contributed by atoms with van der Waals surface area (Å²) in [6.07, 6.45) is -1.11. The maximum Gasteiger partial charge on any atom is 0.335 e. The number of hydrogen-bond acceptors (Lipinski definition) is 8. The first-order valence-electron chi connectivity index (χ1n) is 9.82. The molecule has 11 heteroatoms. The Morgan fingerprint density at radius 3 is 2.71 bits per heavy atom. The molecular formula is C20H25N3O8. The standard InChI is InChI=1S/C20H25N3O8/c1-12-8-21(18-7-16(25)17(9-24)31-18)20(27)22(19(12)26)11-30-10-13(2)14-5-3-4-6-15(14)23(28)29/h3-6,8,13,16-18,24-25H,7,9-11H2,1-2H3/t13?,16-,17+,18+/m0/s1. The lowest BCUT2D eigenvalue weighted by Crippen LogP contribution is -2.42. The number of aliphatic hydroxyl groups is 2. The first-order valence-corrected chi connectivity index (χ1v) is 9.82. The average molecular weight is 435 g/mol. The zero-order chi connectivity index (χ0) is 22.7. The van der Waals surface area contributed by atoms with Gasteiger partial charge in [0.05, 0.1) is 24.2 Å². The van der Waals surface area contributed by atoms with Crippen molar-refractivity contribution in [1.82, 2.24) is 9.13 Å². The summed E-state index contributed by atoms with van der Waals surface area (Å²) in [5.41, 5.74) is -0.462. The van der Waals surface area contributed by atoms with Gasteiger partial charge in [0, 0.05) is 35.7 Å². The Balaban J connectivity index is 1.77. The van der Waals surface area contributed by atoms with Crippen LogP contribution < -0.4 is 11.2 Å². The van der Waals surface area contributed by atoms with E-state index in [9.17, 15) is 29.9 Å². The third kappa shape index (κ3) is 4.74. The fraction of sp³-hybridized carbons (Fsp3) is 0.500. The summed E-state index contributed by atoms with van der Waals surface area (Å²) >= 11 is 0. The number of para-hydroxylation sites is 1. The summed E-state index contributed by atoms with van der Waals surface area (Å²) in [6.45, 7) is 2.61. The fourth-order valence-corrected chi connectivity index (χ4v) is 3.61. The van der Waals surface area contributed by atoms with Gasteiger partial charge < -0.3 is 19.7 Å².